The molecule has 0 aliphatic carbocycles. The molecule has 0 unspecified atom stereocenters. The van der Waals surface area contributed by atoms with Crippen LogP contribution < -0.4 is 5.32 Å². The second-order valence-corrected chi connectivity index (χ2v) is 8.69. The molecule has 0 atom stereocenters. The predicted molar refractivity (Wildman–Crippen MR) is 142 cm³/mol. The van der Waals surface area contributed by atoms with Crippen LogP contribution in [0.25, 0.3) is 39.1 Å². The molecule has 5 nitrogen and oxygen atoms in total. The van der Waals surface area contributed by atoms with E-state index in [1.54, 1.807) is 18.3 Å². The summed E-state index contributed by atoms with van der Waals surface area (Å²) in [5.74, 6) is 0.255. The summed E-state index contributed by atoms with van der Waals surface area (Å²) < 4.78 is 15.7. The van der Waals surface area contributed by atoms with Crippen molar-refractivity contribution in [3.63, 3.8) is 0 Å². The van der Waals surface area contributed by atoms with E-state index in [9.17, 15) is 4.39 Å². The van der Waals surface area contributed by atoms with Gasteiger partial charge in [0.15, 0.2) is 0 Å². The van der Waals surface area contributed by atoms with Gasteiger partial charge in [-0.25, -0.2) is 19.3 Å². The fourth-order valence-corrected chi connectivity index (χ4v) is 4.56. The van der Waals surface area contributed by atoms with E-state index in [0.29, 0.717) is 12.5 Å². The molecule has 0 spiro atoms. The van der Waals surface area contributed by atoms with Crippen LogP contribution in [0.3, 0.4) is 0 Å². The van der Waals surface area contributed by atoms with Crippen molar-refractivity contribution < 1.29 is 4.39 Å². The maximum atomic E-state index is 13.6. The van der Waals surface area contributed by atoms with Gasteiger partial charge in [-0.05, 0) is 70.8 Å². The van der Waals surface area contributed by atoms with E-state index in [0.717, 1.165) is 34.7 Å². The van der Waals surface area contributed by atoms with Crippen LogP contribution in [-0.2, 0) is 13.0 Å². The van der Waals surface area contributed by atoms with Gasteiger partial charge >= 0.3 is 0 Å². The van der Waals surface area contributed by atoms with E-state index in [2.05, 4.69) is 65.8 Å². The number of rotatable bonds is 6. The summed E-state index contributed by atoms with van der Waals surface area (Å²) in [6, 6.07) is 27.1. The first-order chi connectivity index (χ1) is 17.7. The van der Waals surface area contributed by atoms with Crippen molar-refractivity contribution in [2.75, 3.05) is 5.32 Å². The first-order valence-corrected chi connectivity index (χ1v) is 12.0. The van der Waals surface area contributed by atoms with Gasteiger partial charge in [-0.2, -0.15) is 0 Å². The van der Waals surface area contributed by atoms with Crippen LogP contribution in [0.4, 0.5) is 10.3 Å². The Morgan fingerprint density at radius 2 is 1.72 bits per heavy atom. The molecule has 0 aliphatic heterocycles. The Balaban J connectivity index is 1.41. The molecule has 0 amide bonds. The van der Waals surface area contributed by atoms with E-state index >= 15 is 0 Å². The Hall–Kier alpha value is -4.58. The number of anilines is 1. The Labute approximate surface area is 208 Å². The molecule has 0 saturated heterocycles. The summed E-state index contributed by atoms with van der Waals surface area (Å²) in [6.45, 7) is 2.72. The molecule has 3 aromatic carbocycles. The molecule has 0 bridgehead atoms. The van der Waals surface area contributed by atoms with E-state index in [-0.39, 0.29) is 5.82 Å². The maximum Gasteiger partial charge on any atom is 0.223 e. The Morgan fingerprint density at radius 1 is 0.889 bits per heavy atom. The van der Waals surface area contributed by atoms with E-state index in [1.807, 2.05) is 22.7 Å². The van der Waals surface area contributed by atoms with Crippen molar-refractivity contribution in [2.24, 2.45) is 0 Å². The summed E-state index contributed by atoms with van der Waals surface area (Å²) in [5, 5.41) is 5.79. The van der Waals surface area contributed by atoms with Gasteiger partial charge < -0.3 is 5.32 Å². The fourth-order valence-electron chi connectivity index (χ4n) is 4.56. The first-order valence-electron chi connectivity index (χ1n) is 12.0. The summed E-state index contributed by atoms with van der Waals surface area (Å²) in [7, 11) is 0. The van der Waals surface area contributed by atoms with Gasteiger partial charge in [0.1, 0.15) is 11.5 Å². The van der Waals surface area contributed by atoms with Crippen molar-refractivity contribution in [3.8, 4) is 22.6 Å². The monoisotopic (exact) mass is 473 g/mol. The summed E-state index contributed by atoms with van der Waals surface area (Å²) in [4.78, 5) is 14.2. The maximum absolute atomic E-state index is 13.6. The molecule has 6 aromatic rings. The number of imidazole rings is 1. The van der Waals surface area contributed by atoms with Gasteiger partial charge in [-0.15, -0.1) is 0 Å². The minimum absolute atomic E-state index is 0.278. The van der Waals surface area contributed by atoms with Crippen molar-refractivity contribution in [1.82, 2.24) is 19.4 Å². The summed E-state index contributed by atoms with van der Waals surface area (Å²) >= 11 is 0. The lowest BCUT2D eigenvalue weighted by Crippen LogP contribution is -2.05. The molecule has 1 N–H and O–H groups in total. The fraction of sp³-hybridized carbons (Fsp3) is 0.100. The Kier molecular flexibility index (Phi) is 5.62. The van der Waals surface area contributed by atoms with Crippen molar-refractivity contribution in [3.05, 3.63) is 114 Å². The molecule has 3 heterocycles. The lowest BCUT2D eigenvalue weighted by molar-refractivity contribution is 0.628. The van der Waals surface area contributed by atoms with E-state index in [4.69, 9.17) is 9.97 Å². The molecule has 0 fully saturated rings. The highest BCUT2D eigenvalue weighted by molar-refractivity contribution is 5.86. The normalized spacial score (nSPS) is 11.3. The highest BCUT2D eigenvalue weighted by Crippen LogP contribution is 2.32. The first kappa shape index (κ1) is 21.9. The molecular weight excluding hydrogens is 449 g/mol. The molecule has 0 saturated carbocycles. The van der Waals surface area contributed by atoms with Crippen LogP contribution in [0.15, 0.2) is 97.3 Å². The molecule has 3 aromatic heterocycles. The number of nitrogens with one attached hydrogen (secondary N) is 1. The zero-order valence-corrected chi connectivity index (χ0v) is 19.8. The van der Waals surface area contributed by atoms with Crippen LogP contribution in [0.1, 0.15) is 18.1 Å². The van der Waals surface area contributed by atoms with Crippen LogP contribution in [0.5, 0.6) is 0 Å². The molecule has 0 aliphatic rings. The highest BCUT2D eigenvalue weighted by Gasteiger charge is 2.18. The molecule has 6 heteroatoms. The lowest BCUT2D eigenvalue weighted by atomic mass is 10.0. The molecule has 36 heavy (non-hydrogen) atoms. The van der Waals surface area contributed by atoms with Gasteiger partial charge in [0.2, 0.25) is 5.95 Å². The molecule has 176 valence electrons. The molecule has 6 rings (SSSR count). The average Bonchev–Trinajstić information content (AvgIpc) is 3.31. The van der Waals surface area contributed by atoms with Gasteiger partial charge in [-0.1, -0.05) is 49.4 Å². The Morgan fingerprint density at radius 3 is 2.58 bits per heavy atom. The third kappa shape index (κ3) is 4.07. The smallest absolute Gasteiger partial charge is 0.223 e. The molecule has 0 radical (unpaired) electrons. The SMILES string of the molecule is CCc1ccn2c(-c3ccnc(NCc4cccc5ccccc45)n3)c(-c3ccc(F)cc3)nc2c1. The molecular formula is C30H24FN5. The van der Waals surface area contributed by atoms with Gasteiger partial charge in [0.05, 0.1) is 17.1 Å². The largest absolute Gasteiger partial charge is 0.350 e. The number of halogens is 1. The van der Waals surface area contributed by atoms with Crippen molar-refractivity contribution in [2.45, 2.75) is 19.9 Å². The highest BCUT2D eigenvalue weighted by atomic mass is 19.1. The average molecular weight is 474 g/mol. The van der Waals surface area contributed by atoms with E-state index in [1.165, 1.54) is 34.0 Å². The Bertz CT molecular complexity index is 1680. The van der Waals surface area contributed by atoms with Crippen LogP contribution >= 0.6 is 0 Å². The van der Waals surface area contributed by atoms with E-state index < -0.39 is 0 Å². The predicted octanol–water partition coefficient (Wildman–Crippen LogP) is 6.93. The van der Waals surface area contributed by atoms with Gasteiger partial charge in [0, 0.05) is 24.5 Å². The number of pyridine rings is 1. The zero-order chi connectivity index (χ0) is 24.5. The number of nitrogens with zero attached hydrogens (tertiary/aromatic N) is 4. The quantitative estimate of drug-likeness (QED) is 0.285. The zero-order valence-electron chi connectivity index (χ0n) is 19.8. The second kappa shape index (κ2) is 9.23. The standard InChI is InChI=1S/C30H24FN5/c1-2-20-15-17-36-27(18-20)35-28(22-10-12-24(31)13-11-22)29(36)26-14-16-32-30(34-26)33-19-23-8-5-7-21-6-3-4-9-25(21)23/h3-18H,2,19H2,1H3,(H,32,33,34). The number of benzene rings is 3. The summed E-state index contributed by atoms with van der Waals surface area (Å²) in [5.41, 5.74) is 6.36. The van der Waals surface area contributed by atoms with Crippen molar-refractivity contribution >= 4 is 22.4 Å². The minimum atomic E-state index is -0.278. The van der Waals surface area contributed by atoms with Crippen LogP contribution in [0, 0.1) is 5.82 Å². The van der Waals surface area contributed by atoms with Crippen LogP contribution in [0.2, 0.25) is 0 Å². The van der Waals surface area contributed by atoms with Gasteiger partial charge in [-0.3, -0.25) is 4.40 Å². The second-order valence-electron chi connectivity index (χ2n) is 8.69. The number of hydrogen-bond donors (Lipinski definition) is 1. The topological polar surface area (TPSA) is 55.1 Å². The summed E-state index contributed by atoms with van der Waals surface area (Å²) in [6.07, 6.45) is 4.69. The van der Waals surface area contributed by atoms with Gasteiger partial charge in [0.25, 0.3) is 0 Å². The minimum Gasteiger partial charge on any atom is -0.350 e. The number of aryl methyl sites for hydroxylation is 1. The number of fused-ring (bicyclic) bond motifs is 2. The lowest BCUT2D eigenvalue weighted by Gasteiger charge is -2.10. The van der Waals surface area contributed by atoms with Crippen LogP contribution in [-0.4, -0.2) is 19.4 Å². The third-order valence-electron chi connectivity index (χ3n) is 6.43. The third-order valence-corrected chi connectivity index (χ3v) is 6.43. The number of hydrogen-bond acceptors (Lipinski definition) is 4. The van der Waals surface area contributed by atoms with Crippen molar-refractivity contribution in [1.29, 1.82) is 0 Å². The number of aromatic nitrogens is 4.